The van der Waals surface area contributed by atoms with Crippen molar-refractivity contribution < 1.29 is 4.79 Å². The van der Waals surface area contributed by atoms with Crippen LogP contribution in [0.5, 0.6) is 0 Å². The summed E-state index contributed by atoms with van der Waals surface area (Å²) in [5.74, 6) is 0.285. The van der Waals surface area contributed by atoms with Gasteiger partial charge in [-0.25, -0.2) is 4.31 Å². The first-order valence-corrected chi connectivity index (χ1v) is 9.55. The topological polar surface area (TPSA) is 45.2 Å². The summed E-state index contributed by atoms with van der Waals surface area (Å²) in [6, 6.07) is 10.5. The zero-order chi connectivity index (χ0) is 17.6. The Morgan fingerprint density at radius 1 is 1.24 bits per heavy atom. The van der Waals surface area contributed by atoms with Crippen LogP contribution in [0.15, 0.2) is 47.6 Å². The molecule has 0 saturated carbocycles. The van der Waals surface area contributed by atoms with Crippen LogP contribution in [0.1, 0.15) is 29.5 Å². The summed E-state index contributed by atoms with van der Waals surface area (Å²) in [5, 5.41) is 3.04. The molecule has 0 aliphatic carbocycles. The van der Waals surface area contributed by atoms with E-state index in [1.54, 1.807) is 12.4 Å². The average Bonchev–Trinajstić information content (AvgIpc) is 2.60. The Morgan fingerprint density at radius 3 is 2.60 bits per heavy atom. The molecule has 1 aromatic carbocycles. The summed E-state index contributed by atoms with van der Waals surface area (Å²) in [6.07, 6.45) is 5.37. The number of aromatic nitrogens is 1. The first-order chi connectivity index (χ1) is 12.1. The maximum absolute atomic E-state index is 12.4. The van der Waals surface area contributed by atoms with Crippen molar-refractivity contribution in [1.82, 2.24) is 14.6 Å². The number of hydrogen-bond donors (Lipinski definition) is 1. The molecular formula is C20H25N3OS. The first kappa shape index (κ1) is 18.0. The molecule has 0 unspecified atom stereocenters. The van der Waals surface area contributed by atoms with Crippen molar-refractivity contribution in [2.24, 2.45) is 5.92 Å². The van der Waals surface area contributed by atoms with Gasteiger partial charge in [0.15, 0.2) is 0 Å². The first-order valence-electron chi connectivity index (χ1n) is 8.78. The summed E-state index contributed by atoms with van der Waals surface area (Å²) in [5.41, 5.74) is 3.64. The SMILES string of the molecule is Cc1cc(C)cc(SN2CCC(C(=O)NCc3cccnc3)CC2)c1. The maximum Gasteiger partial charge on any atom is 0.223 e. The van der Waals surface area contributed by atoms with Gasteiger partial charge in [-0.15, -0.1) is 0 Å². The Morgan fingerprint density at radius 2 is 1.96 bits per heavy atom. The number of rotatable bonds is 5. The summed E-state index contributed by atoms with van der Waals surface area (Å²) in [7, 11) is 0. The van der Waals surface area contributed by atoms with Gasteiger partial charge in [-0.1, -0.05) is 12.1 Å². The molecule has 5 heteroatoms. The van der Waals surface area contributed by atoms with Crippen LogP contribution in [0.2, 0.25) is 0 Å². The number of nitrogens with zero attached hydrogens (tertiary/aromatic N) is 2. The Kier molecular flexibility index (Phi) is 6.10. The van der Waals surface area contributed by atoms with E-state index in [0.717, 1.165) is 31.5 Å². The van der Waals surface area contributed by atoms with E-state index in [2.05, 4.69) is 46.7 Å². The monoisotopic (exact) mass is 355 g/mol. The van der Waals surface area contributed by atoms with Crippen molar-refractivity contribution in [3.8, 4) is 0 Å². The van der Waals surface area contributed by atoms with Crippen molar-refractivity contribution in [2.45, 2.75) is 38.1 Å². The van der Waals surface area contributed by atoms with Gasteiger partial charge in [-0.2, -0.15) is 0 Å². The lowest BCUT2D eigenvalue weighted by molar-refractivity contribution is -0.126. The molecule has 0 bridgehead atoms. The number of piperidine rings is 1. The van der Waals surface area contributed by atoms with Crippen LogP contribution in [0, 0.1) is 19.8 Å². The third kappa shape index (κ3) is 5.31. The van der Waals surface area contributed by atoms with Crippen LogP contribution in [0.25, 0.3) is 0 Å². The van der Waals surface area contributed by atoms with E-state index >= 15 is 0 Å². The molecule has 2 aromatic rings. The number of amides is 1. The Bertz CT molecular complexity index is 692. The minimum absolute atomic E-state index is 0.118. The van der Waals surface area contributed by atoms with Crippen molar-refractivity contribution >= 4 is 17.9 Å². The minimum atomic E-state index is 0.118. The molecule has 25 heavy (non-hydrogen) atoms. The van der Waals surface area contributed by atoms with E-state index in [9.17, 15) is 4.79 Å². The Hall–Kier alpha value is -1.85. The summed E-state index contributed by atoms with van der Waals surface area (Å²) >= 11 is 1.81. The van der Waals surface area contributed by atoms with Crippen LogP contribution in [0.4, 0.5) is 0 Å². The van der Waals surface area contributed by atoms with Crippen LogP contribution >= 0.6 is 11.9 Å². The number of carbonyl (C=O) groups is 1. The molecule has 1 saturated heterocycles. The molecule has 132 valence electrons. The highest BCUT2D eigenvalue weighted by atomic mass is 32.2. The molecule has 0 radical (unpaired) electrons. The number of aryl methyl sites for hydroxylation is 2. The van der Waals surface area contributed by atoms with Crippen molar-refractivity contribution in [2.75, 3.05) is 13.1 Å². The second-order valence-corrected chi connectivity index (χ2v) is 7.87. The molecule has 1 amide bonds. The number of pyridine rings is 1. The van der Waals surface area contributed by atoms with Gasteiger partial charge >= 0.3 is 0 Å². The van der Waals surface area contributed by atoms with Crippen molar-refractivity contribution in [1.29, 1.82) is 0 Å². The Labute approximate surface area is 154 Å². The molecule has 0 spiro atoms. The second-order valence-electron chi connectivity index (χ2n) is 6.70. The standard InChI is InChI=1S/C20H25N3OS/c1-15-10-16(2)12-19(11-15)25-23-8-5-18(6-9-23)20(24)22-14-17-4-3-7-21-13-17/h3-4,7,10-13,18H,5-6,8-9,14H2,1-2H3,(H,22,24). The third-order valence-electron chi connectivity index (χ3n) is 4.44. The molecule has 2 heterocycles. The van der Waals surface area contributed by atoms with E-state index in [4.69, 9.17) is 0 Å². The largest absolute Gasteiger partial charge is 0.352 e. The fraction of sp³-hybridized carbons (Fsp3) is 0.400. The van der Waals surface area contributed by atoms with E-state index in [1.807, 2.05) is 24.1 Å². The smallest absolute Gasteiger partial charge is 0.223 e. The molecule has 4 nitrogen and oxygen atoms in total. The minimum Gasteiger partial charge on any atom is -0.352 e. The van der Waals surface area contributed by atoms with Gasteiger partial charge in [-0.3, -0.25) is 9.78 Å². The molecule has 0 atom stereocenters. The second kappa shape index (κ2) is 8.50. The molecule has 3 rings (SSSR count). The van der Waals surface area contributed by atoms with Gasteiger partial charge in [0.05, 0.1) is 0 Å². The molecule has 1 aliphatic heterocycles. The highest BCUT2D eigenvalue weighted by molar-refractivity contribution is 7.97. The molecule has 1 fully saturated rings. The highest BCUT2D eigenvalue weighted by Crippen LogP contribution is 2.29. The maximum atomic E-state index is 12.4. The van der Waals surface area contributed by atoms with Crippen molar-refractivity contribution in [3.63, 3.8) is 0 Å². The number of nitrogens with one attached hydrogen (secondary N) is 1. The fourth-order valence-corrected chi connectivity index (χ4v) is 4.35. The zero-order valence-corrected chi connectivity index (χ0v) is 15.7. The van der Waals surface area contributed by atoms with Crippen LogP contribution in [0.3, 0.4) is 0 Å². The fourth-order valence-electron chi connectivity index (χ4n) is 3.18. The normalized spacial score (nSPS) is 15.9. The molecule has 1 aromatic heterocycles. The zero-order valence-electron chi connectivity index (χ0n) is 14.9. The van der Waals surface area contributed by atoms with Gasteiger partial charge in [-0.05, 0) is 73.5 Å². The third-order valence-corrected chi connectivity index (χ3v) is 5.51. The van der Waals surface area contributed by atoms with Gasteiger partial charge in [0, 0.05) is 42.8 Å². The Balaban J connectivity index is 1.45. The summed E-state index contributed by atoms with van der Waals surface area (Å²) in [6.45, 7) is 6.72. The lowest BCUT2D eigenvalue weighted by atomic mass is 9.97. The van der Waals surface area contributed by atoms with Crippen LogP contribution in [-0.2, 0) is 11.3 Å². The van der Waals surface area contributed by atoms with Gasteiger partial charge in [0.25, 0.3) is 0 Å². The number of benzene rings is 1. The summed E-state index contributed by atoms with van der Waals surface area (Å²) < 4.78 is 2.37. The lowest BCUT2D eigenvalue weighted by Gasteiger charge is -2.30. The van der Waals surface area contributed by atoms with E-state index in [-0.39, 0.29) is 11.8 Å². The summed E-state index contributed by atoms with van der Waals surface area (Å²) in [4.78, 5) is 17.7. The van der Waals surface area contributed by atoms with Gasteiger partial charge < -0.3 is 5.32 Å². The van der Waals surface area contributed by atoms with E-state index < -0.39 is 0 Å². The molecular weight excluding hydrogens is 330 g/mol. The van der Waals surface area contributed by atoms with E-state index in [1.165, 1.54) is 16.0 Å². The van der Waals surface area contributed by atoms with Crippen LogP contribution < -0.4 is 5.32 Å². The predicted octanol–water partition coefficient (Wildman–Crippen LogP) is 3.73. The number of carbonyl (C=O) groups excluding carboxylic acids is 1. The highest BCUT2D eigenvalue weighted by Gasteiger charge is 2.25. The van der Waals surface area contributed by atoms with Crippen molar-refractivity contribution in [3.05, 3.63) is 59.4 Å². The molecule has 1 aliphatic rings. The van der Waals surface area contributed by atoms with Gasteiger partial charge in [0.2, 0.25) is 5.91 Å². The predicted molar refractivity (Wildman–Crippen MR) is 102 cm³/mol. The van der Waals surface area contributed by atoms with Crippen LogP contribution in [-0.4, -0.2) is 28.3 Å². The van der Waals surface area contributed by atoms with E-state index in [0.29, 0.717) is 6.54 Å². The quantitative estimate of drug-likeness (QED) is 0.830. The van der Waals surface area contributed by atoms with Gasteiger partial charge in [0.1, 0.15) is 0 Å². The average molecular weight is 356 g/mol. The number of hydrogen-bond acceptors (Lipinski definition) is 4. The molecule has 1 N–H and O–H groups in total. The lowest BCUT2D eigenvalue weighted by Crippen LogP contribution is -2.37.